The molecular weight excluding hydrogens is 162 g/mol. The molecular formula is C11H11NO. The predicted molar refractivity (Wildman–Crippen MR) is 56.4 cm³/mol. The van der Waals surface area contributed by atoms with Crippen LogP contribution in [0.3, 0.4) is 0 Å². The van der Waals surface area contributed by atoms with Crippen molar-refractivity contribution in [2.75, 3.05) is 5.73 Å². The molecule has 1 rings (SSSR count). The smallest absolute Gasteiger partial charge is 0.150 e. The van der Waals surface area contributed by atoms with Crippen LogP contribution in [0.25, 0.3) is 12.2 Å². The molecule has 0 aliphatic heterocycles. The lowest BCUT2D eigenvalue weighted by molar-refractivity contribution is 0.112. The minimum absolute atomic E-state index is 0.583. The van der Waals surface area contributed by atoms with Crippen molar-refractivity contribution >= 4 is 24.1 Å². The second-order valence-electron chi connectivity index (χ2n) is 2.60. The van der Waals surface area contributed by atoms with Crippen molar-refractivity contribution in [1.29, 1.82) is 0 Å². The Morgan fingerprint density at radius 1 is 1.15 bits per heavy atom. The van der Waals surface area contributed by atoms with Crippen LogP contribution < -0.4 is 5.73 Å². The van der Waals surface area contributed by atoms with Crippen LogP contribution in [-0.4, -0.2) is 6.29 Å². The molecule has 2 N–H and O–H groups in total. The van der Waals surface area contributed by atoms with Gasteiger partial charge in [-0.25, -0.2) is 0 Å². The van der Waals surface area contributed by atoms with Gasteiger partial charge in [0.2, 0.25) is 0 Å². The molecule has 1 aromatic carbocycles. The number of hydrogen-bond donors (Lipinski definition) is 1. The van der Waals surface area contributed by atoms with E-state index in [1.54, 1.807) is 24.3 Å². The average molecular weight is 173 g/mol. The first-order valence-electron chi connectivity index (χ1n) is 3.87. The monoisotopic (exact) mass is 173 g/mol. The molecule has 0 aliphatic carbocycles. The summed E-state index contributed by atoms with van der Waals surface area (Å²) >= 11 is 0. The quantitative estimate of drug-likeness (QED) is 0.563. The summed E-state index contributed by atoms with van der Waals surface area (Å²) in [5.74, 6) is 0. The fraction of sp³-hybridized carbons (Fsp3) is 0. The molecule has 0 aliphatic rings. The lowest BCUT2D eigenvalue weighted by atomic mass is 10.00. The van der Waals surface area contributed by atoms with Crippen molar-refractivity contribution in [3.63, 3.8) is 0 Å². The van der Waals surface area contributed by atoms with Gasteiger partial charge in [-0.1, -0.05) is 25.3 Å². The van der Waals surface area contributed by atoms with Gasteiger partial charge < -0.3 is 5.73 Å². The highest BCUT2D eigenvalue weighted by molar-refractivity contribution is 5.88. The zero-order valence-electron chi connectivity index (χ0n) is 7.29. The molecule has 0 amide bonds. The molecule has 0 saturated heterocycles. The minimum atomic E-state index is 0.583. The lowest BCUT2D eigenvalue weighted by Crippen LogP contribution is -1.96. The summed E-state index contributed by atoms with van der Waals surface area (Å²) in [4.78, 5) is 10.6. The van der Waals surface area contributed by atoms with Gasteiger partial charge in [-0.2, -0.15) is 0 Å². The standard InChI is InChI=1S/C11H11NO/c1-3-9-8(7-13)5-6-11(12)10(9)4-2/h3-7H,1-2,12H2. The number of anilines is 1. The molecule has 0 atom stereocenters. The van der Waals surface area contributed by atoms with Crippen molar-refractivity contribution in [2.24, 2.45) is 0 Å². The van der Waals surface area contributed by atoms with Crippen LogP contribution in [0.1, 0.15) is 21.5 Å². The van der Waals surface area contributed by atoms with E-state index in [0.29, 0.717) is 11.3 Å². The number of carbonyl (C=O) groups is 1. The van der Waals surface area contributed by atoms with E-state index in [0.717, 1.165) is 17.4 Å². The van der Waals surface area contributed by atoms with Crippen LogP contribution in [-0.2, 0) is 0 Å². The van der Waals surface area contributed by atoms with Crippen LogP contribution in [0, 0.1) is 0 Å². The van der Waals surface area contributed by atoms with Gasteiger partial charge in [-0.3, -0.25) is 4.79 Å². The average Bonchev–Trinajstić information content (AvgIpc) is 2.17. The van der Waals surface area contributed by atoms with E-state index in [2.05, 4.69) is 13.2 Å². The summed E-state index contributed by atoms with van der Waals surface area (Å²) in [5.41, 5.74) is 8.39. The Balaban J connectivity index is 3.53. The predicted octanol–water partition coefficient (Wildman–Crippen LogP) is 2.37. The largest absolute Gasteiger partial charge is 0.398 e. The van der Waals surface area contributed by atoms with Crippen molar-refractivity contribution in [3.8, 4) is 0 Å². The highest BCUT2D eigenvalue weighted by Gasteiger charge is 2.05. The van der Waals surface area contributed by atoms with E-state index < -0.39 is 0 Å². The van der Waals surface area contributed by atoms with Gasteiger partial charge in [0.25, 0.3) is 0 Å². The number of nitrogen functional groups attached to an aromatic ring is 1. The zero-order chi connectivity index (χ0) is 9.84. The van der Waals surface area contributed by atoms with E-state index in [1.165, 1.54) is 0 Å². The third kappa shape index (κ3) is 1.51. The molecule has 0 fully saturated rings. The zero-order valence-corrected chi connectivity index (χ0v) is 7.29. The van der Waals surface area contributed by atoms with Gasteiger partial charge in [-0.05, 0) is 17.7 Å². The van der Waals surface area contributed by atoms with E-state index in [1.807, 2.05) is 0 Å². The summed E-state index contributed by atoms with van der Waals surface area (Å²) in [6, 6.07) is 3.36. The topological polar surface area (TPSA) is 43.1 Å². The number of hydrogen-bond acceptors (Lipinski definition) is 2. The number of carbonyl (C=O) groups excluding carboxylic acids is 1. The number of benzene rings is 1. The van der Waals surface area contributed by atoms with Crippen molar-refractivity contribution in [1.82, 2.24) is 0 Å². The van der Waals surface area contributed by atoms with Gasteiger partial charge in [-0.15, -0.1) is 0 Å². The maximum Gasteiger partial charge on any atom is 0.150 e. The number of rotatable bonds is 3. The van der Waals surface area contributed by atoms with Crippen molar-refractivity contribution < 1.29 is 4.79 Å². The molecule has 0 bridgehead atoms. The Hall–Kier alpha value is -1.83. The van der Waals surface area contributed by atoms with Gasteiger partial charge in [0.05, 0.1) is 0 Å². The Labute approximate surface area is 77.4 Å². The molecule has 1 aromatic rings. The normalized spacial score (nSPS) is 9.23. The maximum atomic E-state index is 10.6. The van der Waals surface area contributed by atoms with Crippen LogP contribution in [0.4, 0.5) is 5.69 Å². The molecule has 0 spiro atoms. The summed E-state index contributed by atoms with van der Waals surface area (Å²) in [7, 11) is 0. The highest BCUT2D eigenvalue weighted by Crippen LogP contribution is 2.22. The first-order valence-corrected chi connectivity index (χ1v) is 3.87. The molecule has 0 heterocycles. The highest BCUT2D eigenvalue weighted by atomic mass is 16.1. The molecule has 2 nitrogen and oxygen atoms in total. The Morgan fingerprint density at radius 3 is 2.23 bits per heavy atom. The first kappa shape index (κ1) is 9.26. The molecule has 0 unspecified atom stereocenters. The first-order chi connectivity index (χ1) is 6.24. The maximum absolute atomic E-state index is 10.6. The summed E-state index contributed by atoms with van der Waals surface area (Å²) in [6.07, 6.45) is 4.01. The third-order valence-electron chi connectivity index (χ3n) is 1.89. The summed E-state index contributed by atoms with van der Waals surface area (Å²) < 4.78 is 0. The molecule has 0 saturated carbocycles. The van der Waals surface area contributed by atoms with E-state index >= 15 is 0 Å². The van der Waals surface area contributed by atoms with Gasteiger partial charge in [0, 0.05) is 16.8 Å². The number of nitrogens with two attached hydrogens (primary N) is 1. The van der Waals surface area contributed by atoms with E-state index in [-0.39, 0.29) is 0 Å². The fourth-order valence-corrected chi connectivity index (χ4v) is 1.23. The Bertz CT molecular complexity index is 367. The number of aldehydes is 1. The summed E-state index contributed by atoms with van der Waals surface area (Å²) in [5, 5.41) is 0. The summed E-state index contributed by atoms with van der Waals surface area (Å²) in [6.45, 7) is 7.26. The molecule has 0 radical (unpaired) electrons. The lowest BCUT2D eigenvalue weighted by Gasteiger charge is -2.06. The molecule has 13 heavy (non-hydrogen) atoms. The van der Waals surface area contributed by atoms with Crippen LogP contribution in [0.15, 0.2) is 25.3 Å². The van der Waals surface area contributed by atoms with Crippen molar-refractivity contribution in [2.45, 2.75) is 0 Å². The van der Waals surface area contributed by atoms with E-state index in [4.69, 9.17) is 5.73 Å². The second kappa shape index (κ2) is 3.72. The molecule has 0 aromatic heterocycles. The Morgan fingerprint density at radius 2 is 1.77 bits per heavy atom. The molecule has 66 valence electrons. The minimum Gasteiger partial charge on any atom is -0.398 e. The van der Waals surface area contributed by atoms with Crippen LogP contribution in [0.2, 0.25) is 0 Å². The SMILES string of the molecule is C=Cc1c(N)ccc(C=O)c1C=C. The van der Waals surface area contributed by atoms with Crippen LogP contribution in [0.5, 0.6) is 0 Å². The van der Waals surface area contributed by atoms with Gasteiger partial charge >= 0.3 is 0 Å². The molecule has 2 heteroatoms. The third-order valence-corrected chi connectivity index (χ3v) is 1.89. The van der Waals surface area contributed by atoms with Gasteiger partial charge in [0.15, 0.2) is 6.29 Å². The second-order valence-corrected chi connectivity index (χ2v) is 2.60. The van der Waals surface area contributed by atoms with Gasteiger partial charge in [0.1, 0.15) is 0 Å². The van der Waals surface area contributed by atoms with E-state index in [9.17, 15) is 4.79 Å². The fourth-order valence-electron chi connectivity index (χ4n) is 1.23. The Kier molecular flexibility index (Phi) is 2.65. The van der Waals surface area contributed by atoms with Crippen LogP contribution >= 0.6 is 0 Å². The van der Waals surface area contributed by atoms with Crippen molar-refractivity contribution in [3.05, 3.63) is 42.0 Å².